The monoisotopic (exact) mass is 460 g/mol. The molecule has 13 nitrogen and oxygen atoms in total. The van der Waals surface area contributed by atoms with Crippen molar-refractivity contribution in [1.29, 1.82) is 0 Å². The SMILES string of the molecule is CCC(C)C(NC(=O)C(CC(=O)O)NC(=O)C(CC(=O)O)NC(=O)C(N)C(C)C)C(=O)O. The Kier molecular flexibility index (Phi) is 11.9. The Hall–Kier alpha value is -3.22. The van der Waals surface area contributed by atoms with Gasteiger partial charge in [-0.2, -0.15) is 0 Å². The number of nitrogens with one attached hydrogen (secondary N) is 3. The van der Waals surface area contributed by atoms with Crippen LogP contribution in [-0.2, 0) is 28.8 Å². The summed E-state index contributed by atoms with van der Waals surface area (Å²) < 4.78 is 0. The van der Waals surface area contributed by atoms with Gasteiger partial charge >= 0.3 is 17.9 Å². The molecular weight excluding hydrogens is 428 g/mol. The number of amides is 3. The molecule has 0 aliphatic rings. The van der Waals surface area contributed by atoms with Crippen molar-refractivity contribution in [3.63, 3.8) is 0 Å². The number of hydrogen-bond donors (Lipinski definition) is 7. The van der Waals surface area contributed by atoms with E-state index in [1.54, 1.807) is 27.7 Å². The zero-order valence-electron chi connectivity index (χ0n) is 18.5. The third kappa shape index (κ3) is 9.73. The van der Waals surface area contributed by atoms with Crippen LogP contribution in [0.25, 0.3) is 0 Å². The molecule has 5 atom stereocenters. The van der Waals surface area contributed by atoms with E-state index in [1.807, 2.05) is 0 Å². The van der Waals surface area contributed by atoms with Crippen LogP contribution in [0, 0.1) is 11.8 Å². The lowest BCUT2D eigenvalue weighted by Crippen LogP contribution is -2.58. The standard InChI is InChI=1S/C19H32N4O9/c1-5-9(4)15(19(31)32)23-17(29)11(7-13(26)27)21-16(28)10(6-12(24)25)22-18(30)14(20)8(2)3/h8-11,14-15H,5-7,20H2,1-4H3,(H,21,28)(H,22,30)(H,23,29)(H,24,25)(H,26,27)(H,31,32). The van der Waals surface area contributed by atoms with Crippen LogP contribution in [0.1, 0.15) is 47.0 Å². The van der Waals surface area contributed by atoms with Crippen molar-refractivity contribution in [2.24, 2.45) is 17.6 Å². The molecular formula is C19H32N4O9. The Morgan fingerprint density at radius 3 is 1.50 bits per heavy atom. The van der Waals surface area contributed by atoms with Gasteiger partial charge in [-0.3, -0.25) is 24.0 Å². The second kappa shape index (κ2) is 13.2. The average Bonchev–Trinajstić information content (AvgIpc) is 2.68. The van der Waals surface area contributed by atoms with Gasteiger partial charge in [0.2, 0.25) is 17.7 Å². The molecule has 0 rings (SSSR count). The van der Waals surface area contributed by atoms with Gasteiger partial charge < -0.3 is 37.0 Å². The van der Waals surface area contributed by atoms with Crippen molar-refractivity contribution in [1.82, 2.24) is 16.0 Å². The first-order valence-corrected chi connectivity index (χ1v) is 10.0. The fourth-order valence-corrected chi connectivity index (χ4v) is 2.55. The minimum absolute atomic E-state index is 0.317. The van der Waals surface area contributed by atoms with Gasteiger partial charge in [-0.15, -0.1) is 0 Å². The molecule has 0 fully saturated rings. The van der Waals surface area contributed by atoms with E-state index >= 15 is 0 Å². The van der Waals surface area contributed by atoms with Crippen LogP contribution in [0.15, 0.2) is 0 Å². The molecule has 0 bridgehead atoms. The third-order valence-corrected chi connectivity index (χ3v) is 4.82. The number of carbonyl (C=O) groups excluding carboxylic acids is 3. The second-order valence-corrected chi connectivity index (χ2v) is 7.80. The molecule has 0 aliphatic heterocycles. The fraction of sp³-hybridized carbons (Fsp3) is 0.684. The lowest BCUT2D eigenvalue weighted by atomic mass is 9.98. The van der Waals surface area contributed by atoms with E-state index in [-0.39, 0.29) is 5.92 Å². The summed E-state index contributed by atoms with van der Waals surface area (Å²) in [5, 5.41) is 33.9. The minimum Gasteiger partial charge on any atom is -0.481 e. The van der Waals surface area contributed by atoms with Crippen LogP contribution in [-0.4, -0.2) is 75.1 Å². The largest absolute Gasteiger partial charge is 0.481 e. The minimum atomic E-state index is -1.71. The fourth-order valence-electron chi connectivity index (χ4n) is 2.55. The predicted octanol–water partition coefficient (Wildman–Crippen LogP) is -1.50. The molecule has 0 aliphatic carbocycles. The first kappa shape index (κ1) is 28.8. The summed E-state index contributed by atoms with van der Waals surface area (Å²) in [6.07, 6.45) is -1.35. The number of carbonyl (C=O) groups is 6. The van der Waals surface area contributed by atoms with Crippen molar-refractivity contribution in [2.45, 2.75) is 71.1 Å². The van der Waals surface area contributed by atoms with E-state index in [1.165, 1.54) is 0 Å². The molecule has 8 N–H and O–H groups in total. The summed E-state index contributed by atoms with van der Waals surface area (Å²) in [5.41, 5.74) is 5.69. The zero-order valence-corrected chi connectivity index (χ0v) is 18.5. The predicted molar refractivity (Wildman–Crippen MR) is 110 cm³/mol. The number of carboxylic acid groups (broad SMARTS) is 3. The maximum atomic E-state index is 12.6. The highest BCUT2D eigenvalue weighted by Gasteiger charge is 2.33. The van der Waals surface area contributed by atoms with Crippen LogP contribution in [0.2, 0.25) is 0 Å². The number of rotatable bonds is 14. The van der Waals surface area contributed by atoms with Crippen LogP contribution in [0.5, 0.6) is 0 Å². The van der Waals surface area contributed by atoms with Gasteiger partial charge in [-0.1, -0.05) is 34.1 Å². The lowest BCUT2D eigenvalue weighted by Gasteiger charge is -2.25. The maximum Gasteiger partial charge on any atom is 0.326 e. The van der Waals surface area contributed by atoms with Crippen LogP contribution >= 0.6 is 0 Å². The average molecular weight is 460 g/mol. The highest BCUT2D eigenvalue weighted by atomic mass is 16.4. The molecule has 32 heavy (non-hydrogen) atoms. The number of aliphatic carboxylic acids is 3. The van der Waals surface area contributed by atoms with Crippen molar-refractivity contribution < 1.29 is 44.1 Å². The van der Waals surface area contributed by atoms with Gasteiger partial charge in [-0.25, -0.2) is 4.79 Å². The number of hydrogen-bond acceptors (Lipinski definition) is 7. The van der Waals surface area contributed by atoms with Gasteiger partial charge in [0.15, 0.2) is 0 Å². The Labute approximate surface area is 185 Å². The van der Waals surface area contributed by atoms with E-state index in [2.05, 4.69) is 16.0 Å². The second-order valence-electron chi connectivity index (χ2n) is 7.80. The molecule has 0 spiro atoms. The maximum absolute atomic E-state index is 12.6. The Morgan fingerprint density at radius 2 is 1.16 bits per heavy atom. The molecule has 0 aromatic rings. The third-order valence-electron chi connectivity index (χ3n) is 4.82. The molecule has 0 saturated carbocycles. The normalized spacial score (nSPS) is 15.6. The highest BCUT2D eigenvalue weighted by Crippen LogP contribution is 2.09. The number of carboxylic acids is 3. The summed E-state index contributed by atoms with van der Waals surface area (Å²) in [6.45, 7) is 6.55. The molecule has 3 amide bonds. The van der Waals surface area contributed by atoms with Crippen molar-refractivity contribution >= 4 is 35.6 Å². The van der Waals surface area contributed by atoms with Crippen LogP contribution in [0.3, 0.4) is 0 Å². The Balaban J connectivity index is 5.61. The van der Waals surface area contributed by atoms with Crippen LogP contribution < -0.4 is 21.7 Å². The topological polar surface area (TPSA) is 225 Å². The first-order valence-electron chi connectivity index (χ1n) is 10.0. The van der Waals surface area contributed by atoms with Crippen molar-refractivity contribution in [3.05, 3.63) is 0 Å². The molecule has 0 aromatic carbocycles. The summed E-state index contributed by atoms with van der Waals surface area (Å²) in [7, 11) is 0. The molecule has 0 saturated heterocycles. The first-order chi connectivity index (χ1) is 14.7. The highest BCUT2D eigenvalue weighted by molar-refractivity contribution is 5.96. The summed E-state index contributed by atoms with van der Waals surface area (Å²) >= 11 is 0. The molecule has 5 unspecified atom stereocenters. The Bertz CT molecular complexity index is 726. The molecule has 182 valence electrons. The summed E-state index contributed by atoms with van der Waals surface area (Å²) in [4.78, 5) is 71.0. The van der Waals surface area contributed by atoms with Gasteiger partial charge in [0.25, 0.3) is 0 Å². The quantitative estimate of drug-likeness (QED) is 0.159. The molecule has 13 heteroatoms. The van der Waals surface area contributed by atoms with E-state index in [9.17, 15) is 33.9 Å². The van der Waals surface area contributed by atoms with Gasteiger partial charge in [-0.05, 0) is 11.8 Å². The van der Waals surface area contributed by atoms with E-state index in [0.717, 1.165) is 0 Å². The van der Waals surface area contributed by atoms with Gasteiger partial charge in [0, 0.05) is 0 Å². The lowest BCUT2D eigenvalue weighted by molar-refractivity contribution is -0.145. The van der Waals surface area contributed by atoms with Crippen LogP contribution in [0.4, 0.5) is 0 Å². The van der Waals surface area contributed by atoms with Crippen molar-refractivity contribution in [2.75, 3.05) is 0 Å². The molecule has 0 aromatic heterocycles. The smallest absolute Gasteiger partial charge is 0.326 e. The molecule has 0 heterocycles. The summed E-state index contributed by atoms with van der Waals surface area (Å²) in [6, 6.07) is -5.72. The number of nitrogens with two attached hydrogens (primary N) is 1. The van der Waals surface area contributed by atoms with Gasteiger partial charge in [0.1, 0.15) is 18.1 Å². The molecule has 0 radical (unpaired) electrons. The zero-order chi connectivity index (χ0) is 25.2. The van der Waals surface area contributed by atoms with E-state index in [4.69, 9.17) is 15.9 Å². The van der Waals surface area contributed by atoms with E-state index < -0.39 is 78.6 Å². The van der Waals surface area contributed by atoms with E-state index in [0.29, 0.717) is 6.42 Å². The van der Waals surface area contributed by atoms with Crippen molar-refractivity contribution in [3.8, 4) is 0 Å². The summed E-state index contributed by atoms with van der Waals surface area (Å²) in [5.74, 6) is -8.07. The van der Waals surface area contributed by atoms with Gasteiger partial charge in [0.05, 0.1) is 18.9 Å². The Morgan fingerprint density at radius 1 is 0.750 bits per heavy atom.